The van der Waals surface area contributed by atoms with E-state index in [2.05, 4.69) is 31.3 Å². The summed E-state index contributed by atoms with van der Waals surface area (Å²) in [5.41, 5.74) is 1.33. The zero-order chi connectivity index (χ0) is 12.5. The lowest BCUT2D eigenvalue weighted by Crippen LogP contribution is -2.23. The van der Waals surface area contributed by atoms with Crippen LogP contribution in [-0.4, -0.2) is 19.8 Å². The maximum atomic E-state index is 5.67. The highest BCUT2D eigenvalue weighted by molar-refractivity contribution is 5.45. The van der Waals surface area contributed by atoms with Crippen molar-refractivity contribution < 1.29 is 9.47 Å². The van der Waals surface area contributed by atoms with Gasteiger partial charge in [-0.25, -0.2) is 0 Å². The van der Waals surface area contributed by atoms with Crippen LogP contribution in [0.25, 0.3) is 0 Å². The minimum Gasteiger partial charge on any atom is -0.486 e. The lowest BCUT2D eigenvalue weighted by molar-refractivity contribution is 0.171. The maximum Gasteiger partial charge on any atom is 0.161 e. The number of hydrogen-bond donors (Lipinski definition) is 1. The number of fused-ring (bicyclic) bond motifs is 1. The van der Waals surface area contributed by atoms with Crippen LogP contribution in [0.2, 0.25) is 0 Å². The van der Waals surface area contributed by atoms with E-state index < -0.39 is 0 Å². The van der Waals surface area contributed by atoms with Crippen molar-refractivity contribution >= 4 is 0 Å². The van der Waals surface area contributed by atoms with Crippen molar-refractivity contribution in [1.82, 2.24) is 5.32 Å². The molecule has 98 valence electrons. The van der Waals surface area contributed by atoms with Crippen molar-refractivity contribution in [2.45, 2.75) is 26.3 Å². The van der Waals surface area contributed by atoms with Crippen LogP contribution in [0.1, 0.15) is 31.9 Å². The van der Waals surface area contributed by atoms with Crippen molar-refractivity contribution in [3.05, 3.63) is 23.8 Å². The van der Waals surface area contributed by atoms with E-state index in [1.165, 1.54) is 12.0 Å². The van der Waals surface area contributed by atoms with Crippen LogP contribution in [0, 0.1) is 11.8 Å². The molecule has 1 saturated carbocycles. The summed E-state index contributed by atoms with van der Waals surface area (Å²) >= 11 is 0. The van der Waals surface area contributed by atoms with Gasteiger partial charge in [-0.05, 0) is 42.5 Å². The molecule has 0 saturated heterocycles. The lowest BCUT2D eigenvalue weighted by Gasteiger charge is -2.23. The fourth-order valence-corrected chi connectivity index (χ4v) is 2.81. The first-order valence-electron chi connectivity index (χ1n) is 6.92. The van der Waals surface area contributed by atoms with E-state index in [0.29, 0.717) is 19.3 Å². The van der Waals surface area contributed by atoms with Crippen molar-refractivity contribution in [1.29, 1.82) is 0 Å². The molecule has 3 rings (SSSR count). The van der Waals surface area contributed by atoms with Crippen LogP contribution < -0.4 is 14.8 Å². The first kappa shape index (κ1) is 11.8. The normalized spacial score (nSPS) is 26.8. The van der Waals surface area contributed by atoms with Crippen molar-refractivity contribution in [2.75, 3.05) is 19.8 Å². The summed E-state index contributed by atoms with van der Waals surface area (Å²) in [7, 11) is 0. The molecule has 1 fully saturated rings. The van der Waals surface area contributed by atoms with E-state index in [9.17, 15) is 0 Å². The van der Waals surface area contributed by atoms with Crippen LogP contribution in [0.5, 0.6) is 11.5 Å². The quantitative estimate of drug-likeness (QED) is 0.887. The standard InChI is InChI=1S/C15H21NO2/c1-3-16-15(12-8-10(12)2)11-4-5-13-14(9-11)18-7-6-17-13/h4-5,9-10,12,15-16H,3,6-8H2,1-2H3. The summed E-state index contributed by atoms with van der Waals surface area (Å²) < 4.78 is 11.2. The highest BCUT2D eigenvalue weighted by atomic mass is 16.6. The van der Waals surface area contributed by atoms with Gasteiger partial charge in [-0.2, -0.15) is 0 Å². The Hall–Kier alpha value is -1.22. The highest BCUT2D eigenvalue weighted by Crippen LogP contribution is 2.48. The van der Waals surface area contributed by atoms with Gasteiger partial charge >= 0.3 is 0 Å². The number of benzene rings is 1. The number of nitrogens with one attached hydrogen (secondary N) is 1. The Morgan fingerprint density at radius 1 is 1.28 bits per heavy atom. The van der Waals surface area contributed by atoms with Crippen molar-refractivity contribution in [3.8, 4) is 11.5 Å². The fourth-order valence-electron chi connectivity index (χ4n) is 2.81. The van der Waals surface area contributed by atoms with E-state index in [0.717, 1.165) is 29.9 Å². The molecule has 0 bridgehead atoms. The Balaban J connectivity index is 1.85. The Bertz CT molecular complexity index is 433. The average Bonchev–Trinajstić information content (AvgIpc) is 3.12. The predicted octanol–water partition coefficient (Wildman–Crippen LogP) is 2.76. The Kier molecular flexibility index (Phi) is 3.16. The molecule has 0 aromatic heterocycles. The monoisotopic (exact) mass is 247 g/mol. The summed E-state index contributed by atoms with van der Waals surface area (Å²) in [4.78, 5) is 0. The van der Waals surface area contributed by atoms with Crippen molar-refractivity contribution in [3.63, 3.8) is 0 Å². The molecule has 1 N–H and O–H groups in total. The van der Waals surface area contributed by atoms with Gasteiger partial charge in [-0.3, -0.25) is 0 Å². The van der Waals surface area contributed by atoms with Gasteiger partial charge in [0.05, 0.1) is 0 Å². The molecule has 1 aromatic rings. The highest BCUT2D eigenvalue weighted by Gasteiger charge is 2.40. The molecule has 1 aromatic carbocycles. The Labute approximate surface area is 108 Å². The molecule has 1 aliphatic heterocycles. The minimum atomic E-state index is 0.459. The second kappa shape index (κ2) is 4.81. The third-order valence-electron chi connectivity index (χ3n) is 3.95. The van der Waals surface area contributed by atoms with E-state index in [4.69, 9.17) is 9.47 Å². The summed E-state index contributed by atoms with van der Waals surface area (Å²) in [5.74, 6) is 3.38. The number of hydrogen-bond acceptors (Lipinski definition) is 3. The predicted molar refractivity (Wildman–Crippen MR) is 71.1 cm³/mol. The van der Waals surface area contributed by atoms with Gasteiger partial charge in [0.2, 0.25) is 0 Å². The summed E-state index contributed by atoms with van der Waals surface area (Å²) in [6.45, 7) is 6.80. The van der Waals surface area contributed by atoms with Crippen molar-refractivity contribution in [2.24, 2.45) is 11.8 Å². The topological polar surface area (TPSA) is 30.5 Å². The molecule has 18 heavy (non-hydrogen) atoms. The second-order valence-electron chi connectivity index (χ2n) is 5.32. The molecule has 2 aliphatic rings. The lowest BCUT2D eigenvalue weighted by atomic mass is 10.0. The third kappa shape index (κ3) is 2.19. The molecule has 3 heteroatoms. The molecule has 0 spiro atoms. The maximum absolute atomic E-state index is 5.67. The Morgan fingerprint density at radius 2 is 2.00 bits per heavy atom. The molecular weight excluding hydrogens is 226 g/mol. The van der Waals surface area contributed by atoms with E-state index in [1.54, 1.807) is 0 Å². The van der Waals surface area contributed by atoms with Gasteiger partial charge in [0.1, 0.15) is 13.2 Å². The minimum absolute atomic E-state index is 0.459. The zero-order valence-electron chi connectivity index (χ0n) is 11.1. The molecule has 3 atom stereocenters. The second-order valence-corrected chi connectivity index (χ2v) is 5.32. The molecule has 0 radical (unpaired) electrons. The molecule has 1 heterocycles. The summed E-state index contributed by atoms with van der Waals surface area (Å²) in [6, 6.07) is 6.82. The van der Waals surface area contributed by atoms with E-state index in [1.807, 2.05) is 6.07 Å². The van der Waals surface area contributed by atoms with Gasteiger partial charge in [0.25, 0.3) is 0 Å². The van der Waals surface area contributed by atoms with E-state index in [-0.39, 0.29) is 0 Å². The van der Waals surface area contributed by atoms with Gasteiger partial charge in [-0.1, -0.05) is 19.9 Å². The van der Waals surface area contributed by atoms with Crippen LogP contribution in [-0.2, 0) is 0 Å². The summed E-state index contributed by atoms with van der Waals surface area (Å²) in [5, 5.41) is 3.60. The largest absolute Gasteiger partial charge is 0.486 e. The van der Waals surface area contributed by atoms with E-state index >= 15 is 0 Å². The van der Waals surface area contributed by atoms with Crippen LogP contribution >= 0.6 is 0 Å². The van der Waals surface area contributed by atoms with Crippen LogP contribution in [0.15, 0.2) is 18.2 Å². The average molecular weight is 247 g/mol. The SMILES string of the molecule is CCNC(c1ccc2c(c1)OCCO2)C1CC1C. The van der Waals surface area contributed by atoms with Gasteiger partial charge in [0.15, 0.2) is 11.5 Å². The number of ether oxygens (including phenoxy) is 2. The zero-order valence-corrected chi connectivity index (χ0v) is 11.1. The fraction of sp³-hybridized carbons (Fsp3) is 0.600. The van der Waals surface area contributed by atoms with Gasteiger partial charge < -0.3 is 14.8 Å². The molecule has 3 nitrogen and oxygen atoms in total. The first-order chi connectivity index (χ1) is 8.79. The smallest absolute Gasteiger partial charge is 0.161 e. The molecule has 0 amide bonds. The summed E-state index contributed by atoms with van der Waals surface area (Å²) in [6.07, 6.45) is 1.33. The van der Waals surface area contributed by atoms with Gasteiger partial charge in [-0.15, -0.1) is 0 Å². The van der Waals surface area contributed by atoms with Crippen LogP contribution in [0.4, 0.5) is 0 Å². The van der Waals surface area contributed by atoms with Crippen LogP contribution in [0.3, 0.4) is 0 Å². The molecular formula is C15H21NO2. The molecule has 1 aliphatic carbocycles. The third-order valence-corrected chi connectivity index (χ3v) is 3.95. The molecule has 3 unspecified atom stereocenters. The van der Waals surface area contributed by atoms with Gasteiger partial charge in [0, 0.05) is 6.04 Å². The first-order valence-corrected chi connectivity index (χ1v) is 6.92. The number of rotatable bonds is 4. The Morgan fingerprint density at radius 3 is 2.67 bits per heavy atom.